The van der Waals surface area contributed by atoms with Crippen molar-refractivity contribution in [2.45, 2.75) is 64.1 Å². The molecule has 13 nitrogen and oxygen atoms in total. The Hall–Kier alpha value is -2.66. The molecule has 3 aliphatic heterocycles. The highest BCUT2D eigenvalue weighted by Gasteiger charge is 2.35. The van der Waals surface area contributed by atoms with Gasteiger partial charge < -0.3 is 9.47 Å². The van der Waals surface area contributed by atoms with Gasteiger partial charge in [-0.3, -0.25) is 34.0 Å². The molecule has 0 aliphatic carbocycles. The van der Waals surface area contributed by atoms with Crippen molar-refractivity contribution in [3.8, 4) is 0 Å². The number of nitrogens with zero attached hydrogens (tertiary/aromatic N) is 5. The van der Waals surface area contributed by atoms with E-state index in [1.54, 1.807) is 11.8 Å². The zero-order valence-corrected chi connectivity index (χ0v) is 32.9. The second-order valence-corrected chi connectivity index (χ2v) is 18.3. The lowest BCUT2D eigenvalue weighted by molar-refractivity contribution is -0.157. The first-order chi connectivity index (χ1) is 23.8. The van der Waals surface area contributed by atoms with Gasteiger partial charge in [-0.25, -0.2) is 18.1 Å². The molecular formula is C36H56N6O7S2. The lowest BCUT2D eigenvalue weighted by Gasteiger charge is -2.35. The second kappa shape index (κ2) is 17.9. The fourth-order valence-electron chi connectivity index (χ4n) is 6.10. The van der Waals surface area contributed by atoms with Crippen molar-refractivity contribution >= 4 is 44.6 Å². The first-order valence-electron chi connectivity index (χ1n) is 17.7. The fourth-order valence-corrected chi connectivity index (χ4v) is 7.72. The molecule has 1 aromatic rings. The van der Waals surface area contributed by atoms with E-state index in [2.05, 4.69) is 30.4 Å². The topological polar surface area (TPSA) is 141 Å². The van der Waals surface area contributed by atoms with Crippen LogP contribution in [-0.4, -0.2) is 153 Å². The molecule has 1 fully saturated rings. The standard InChI is InChI=1S/C36H56N6O7S2/c1-35(2,3)48-31(43)25-41-18-16-39(15-14-37-51(7,46)47)17-19-42(26-32(44)49-36(4,5)6)23-21-40(20-22-41)24-27-12-13-29-33(45)28-10-8-9-11-30(28)50-34(29)38-27/h8-12,29,37H,13-26H2,1-7H3. The van der Waals surface area contributed by atoms with Crippen LogP contribution in [0.2, 0.25) is 0 Å². The summed E-state index contributed by atoms with van der Waals surface area (Å²) in [7, 11) is -3.35. The first-order valence-corrected chi connectivity index (χ1v) is 20.4. The normalized spacial score (nSPS) is 21.0. The van der Waals surface area contributed by atoms with Crippen LogP contribution in [-0.2, 0) is 29.1 Å². The highest BCUT2D eigenvalue weighted by Crippen LogP contribution is 2.39. The summed E-state index contributed by atoms with van der Waals surface area (Å²) in [4.78, 5) is 53.8. The molecule has 0 aromatic heterocycles. The lowest BCUT2D eigenvalue weighted by Crippen LogP contribution is -2.49. The van der Waals surface area contributed by atoms with Gasteiger partial charge in [0.15, 0.2) is 5.78 Å². The Morgan fingerprint density at radius 2 is 1.35 bits per heavy atom. The molecule has 3 aliphatic rings. The number of nitrogens with one attached hydrogen (secondary N) is 1. The minimum Gasteiger partial charge on any atom is -0.459 e. The predicted octanol–water partition coefficient (Wildman–Crippen LogP) is 2.73. The maximum Gasteiger partial charge on any atom is 0.320 e. The molecule has 0 spiro atoms. The van der Waals surface area contributed by atoms with Crippen molar-refractivity contribution in [3.05, 3.63) is 41.6 Å². The SMILES string of the molecule is CC(C)(C)OC(=O)CN1CCN(CCNS(C)(=O)=O)CCN(CC(=O)OC(C)(C)C)CCN(CC2=CCC3C(=O)c4ccccc4SC3=N2)CC1. The number of allylic oxidation sites excluding steroid dienone is 1. The van der Waals surface area contributed by atoms with E-state index in [9.17, 15) is 22.8 Å². The number of sulfonamides is 1. The molecule has 0 saturated carbocycles. The number of esters is 2. The number of hydrogen-bond donors (Lipinski definition) is 1. The van der Waals surface area contributed by atoms with Gasteiger partial charge in [0.2, 0.25) is 10.0 Å². The van der Waals surface area contributed by atoms with Gasteiger partial charge in [-0.05, 0) is 54.0 Å². The van der Waals surface area contributed by atoms with Crippen LogP contribution in [0, 0.1) is 5.92 Å². The number of ketones is 1. The second-order valence-electron chi connectivity index (χ2n) is 15.4. The molecule has 3 heterocycles. The predicted molar refractivity (Wildman–Crippen MR) is 201 cm³/mol. The third-order valence-corrected chi connectivity index (χ3v) is 10.4. The Labute approximate surface area is 308 Å². The average Bonchev–Trinajstić information content (AvgIpc) is 2.99. The third-order valence-electron chi connectivity index (χ3n) is 8.48. The molecule has 0 bridgehead atoms. The van der Waals surface area contributed by atoms with Crippen LogP contribution in [0.3, 0.4) is 0 Å². The lowest BCUT2D eigenvalue weighted by atomic mass is 9.93. The van der Waals surface area contributed by atoms with Gasteiger partial charge in [0.25, 0.3) is 0 Å². The van der Waals surface area contributed by atoms with Crippen LogP contribution in [0.1, 0.15) is 58.3 Å². The number of Topliss-reactive ketones (excluding diaryl/α,β-unsaturated/α-hetero) is 1. The van der Waals surface area contributed by atoms with E-state index in [1.807, 2.05) is 65.8 Å². The van der Waals surface area contributed by atoms with E-state index < -0.39 is 21.2 Å². The maximum atomic E-state index is 13.3. The van der Waals surface area contributed by atoms with Crippen molar-refractivity contribution in [2.75, 3.05) is 91.3 Å². The molecule has 1 unspecified atom stereocenters. The summed E-state index contributed by atoms with van der Waals surface area (Å²) in [5.74, 6) is -0.756. The summed E-state index contributed by atoms with van der Waals surface area (Å²) in [6.45, 7) is 17.3. The van der Waals surface area contributed by atoms with E-state index in [1.165, 1.54) is 0 Å². The van der Waals surface area contributed by atoms with E-state index in [0.717, 1.165) is 27.5 Å². The Bertz CT molecular complexity index is 1520. The first kappa shape index (κ1) is 41.1. The number of carbonyl (C=O) groups excluding carboxylic acids is 3. The highest BCUT2D eigenvalue weighted by atomic mass is 32.2. The Morgan fingerprint density at radius 3 is 1.88 bits per heavy atom. The summed E-state index contributed by atoms with van der Waals surface area (Å²) in [5, 5.41) is 0.828. The van der Waals surface area contributed by atoms with Crippen LogP contribution in [0.15, 0.2) is 45.9 Å². The van der Waals surface area contributed by atoms with Gasteiger partial charge in [-0.1, -0.05) is 36.0 Å². The van der Waals surface area contributed by atoms with Crippen LogP contribution in [0.25, 0.3) is 0 Å². The molecule has 0 radical (unpaired) electrons. The van der Waals surface area contributed by atoms with Crippen LogP contribution < -0.4 is 4.72 Å². The van der Waals surface area contributed by atoms with Crippen LogP contribution in [0.5, 0.6) is 0 Å². The maximum absolute atomic E-state index is 13.3. The Morgan fingerprint density at radius 1 is 0.843 bits per heavy atom. The molecule has 284 valence electrons. The Balaban J connectivity index is 1.53. The number of benzene rings is 1. The van der Waals surface area contributed by atoms with Crippen molar-refractivity contribution < 1.29 is 32.3 Å². The molecular weight excluding hydrogens is 693 g/mol. The summed E-state index contributed by atoms with van der Waals surface area (Å²) >= 11 is 1.57. The van der Waals surface area contributed by atoms with Crippen LogP contribution in [0.4, 0.5) is 0 Å². The smallest absolute Gasteiger partial charge is 0.320 e. The summed E-state index contributed by atoms with van der Waals surface area (Å²) in [5.41, 5.74) is 0.432. The Kier molecular flexibility index (Phi) is 14.4. The minimum atomic E-state index is -3.35. The highest BCUT2D eigenvalue weighted by molar-refractivity contribution is 8.14. The molecule has 51 heavy (non-hydrogen) atoms. The van der Waals surface area contributed by atoms with Gasteiger partial charge >= 0.3 is 11.9 Å². The van der Waals surface area contributed by atoms with E-state index in [0.29, 0.717) is 71.9 Å². The van der Waals surface area contributed by atoms with Gasteiger partial charge in [0.1, 0.15) is 11.2 Å². The zero-order chi connectivity index (χ0) is 37.4. The average molecular weight is 749 g/mol. The van der Waals surface area contributed by atoms with Gasteiger partial charge in [0.05, 0.1) is 36.0 Å². The molecule has 15 heteroatoms. The number of thioether (sulfide) groups is 1. The third kappa shape index (κ3) is 14.4. The molecule has 1 N–H and O–H groups in total. The quantitative estimate of drug-likeness (QED) is 0.352. The van der Waals surface area contributed by atoms with Crippen molar-refractivity contribution in [1.29, 1.82) is 0 Å². The number of rotatable bonds is 10. The van der Waals surface area contributed by atoms with Gasteiger partial charge in [-0.2, -0.15) is 0 Å². The number of carbonyl (C=O) groups is 3. The number of fused-ring (bicyclic) bond motifs is 2. The van der Waals surface area contributed by atoms with Crippen molar-refractivity contribution in [2.24, 2.45) is 10.9 Å². The summed E-state index contributed by atoms with van der Waals surface area (Å²) in [6.07, 6.45) is 3.80. The molecule has 1 aromatic carbocycles. The van der Waals surface area contributed by atoms with E-state index in [-0.39, 0.29) is 43.3 Å². The van der Waals surface area contributed by atoms with Gasteiger partial charge in [-0.15, -0.1) is 0 Å². The molecule has 4 rings (SSSR count). The van der Waals surface area contributed by atoms with Gasteiger partial charge in [0, 0.05) is 82.5 Å². The molecule has 1 atom stereocenters. The largest absolute Gasteiger partial charge is 0.459 e. The zero-order valence-electron chi connectivity index (χ0n) is 31.3. The van der Waals surface area contributed by atoms with Crippen molar-refractivity contribution in [3.63, 3.8) is 0 Å². The van der Waals surface area contributed by atoms with Crippen LogP contribution >= 0.6 is 11.8 Å². The number of aliphatic imine (C=N–C) groups is 1. The number of ether oxygens (including phenoxy) is 2. The molecule has 0 amide bonds. The monoisotopic (exact) mass is 748 g/mol. The minimum absolute atomic E-state index is 0.112. The number of hydrogen-bond acceptors (Lipinski definition) is 13. The fraction of sp³-hybridized carbons (Fsp3) is 0.667. The van der Waals surface area contributed by atoms with E-state index >= 15 is 0 Å². The van der Waals surface area contributed by atoms with Crippen molar-refractivity contribution in [1.82, 2.24) is 24.3 Å². The summed E-state index contributed by atoms with van der Waals surface area (Å²) in [6, 6.07) is 7.68. The van der Waals surface area contributed by atoms with E-state index in [4.69, 9.17) is 14.5 Å². The summed E-state index contributed by atoms with van der Waals surface area (Å²) < 4.78 is 37.5. The molecule has 1 saturated heterocycles.